The summed E-state index contributed by atoms with van der Waals surface area (Å²) in [4.78, 5) is 2.62. The summed E-state index contributed by atoms with van der Waals surface area (Å²) in [5, 5.41) is 77.7. The van der Waals surface area contributed by atoms with Gasteiger partial charge in [-0.3, -0.25) is 0 Å². The van der Waals surface area contributed by atoms with Crippen molar-refractivity contribution in [2.75, 3.05) is 26.3 Å². The number of ether oxygens (including phenoxy) is 2. The van der Waals surface area contributed by atoms with Crippen LogP contribution in [-0.4, -0.2) is 128 Å². The second-order valence-electron chi connectivity index (χ2n) is 5.94. The number of nitrogens with one attached hydrogen (secondary N) is 1. The number of aliphatic hydroxyl groups is 8. The van der Waals surface area contributed by atoms with E-state index in [-0.39, 0.29) is 6.54 Å². The maximum Gasteiger partial charge on any atom is 0.187 e. The molecule has 0 amide bonds. The van der Waals surface area contributed by atoms with E-state index < -0.39 is 68.3 Å². The molecule has 0 bridgehead atoms. The predicted octanol–water partition coefficient (Wildman–Crippen LogP) is -7.64. The molecule has 0 spiro atoms. The maximum atomic E-state index is 10.2. The van der Waals surface area contributed by atoms with Crippen LogP contribution >= 0.6 is 0 Å². The molecule has 1 aliphatic heterocycles. The van der Waals surface area contributed by atoms with Gasteiger partial charge in [0.05, 0.1) is 19.8 Å². The van der Waals surface area contributed by atoms with Gasteiger partial charge in [-0.05, 0) is 0 Å². The number of hydrogen-bond donors (Lipinski definition) is 10. The van der Waals surface area contributed by atoms with E-state index in [4.69, 9.17) is 25.4 Å². The summed E-state index contributed by atoms with van der Waals surface area (Å²) in [6.07, 6.45) is -13.5. The zero-order chi connectivity index (χ0) is 19.9. The molecule has 9 atom stereocenters. The average molecular weight is 385 g/mol. The van der Waals surface area contributed by atoms with Crippen LogP contribution in [0.4, 0.5) is 0 Å². The quantitative estimate of drug-likeness (QED) is 0.159. The summed E-state index contributed by atoms with van der Waals surface area (Å²) in [5.74, 6) is 0. The van der Waals surface area contributed by atoms with Crippen LogP contribution in [0, 0.1) is 0 Å². The molecule has 12 heteroatoms. The normalized spacial score (nSPS) is 34.6. The lowest BCUT2D eigenvalue weighted by molar-refractivity contribution is -0.452. The molecule has 0 saturated carbocycles. The zero-order valence-corrected chi connectivity index (χ0v) is 14.1. The predicted molar refractivity (Wildman–Crippen MR) is 84.7 cm³/mol. The highest BCUT2D eigenvalue weighted by Crippen LogP contribution is 2.24. The first-order valence-corrected chi connectivity index (χ1v) is 8.16. The van der Waals surface area contributed by atoms with Crippen molar-refractivity contribution in [1.29, 1.82) is 0 Å². The number of aliphatic hydroxyl groups excluding tert-OH is 8. The largest absolute Gasteiger partial charge is 0.394 e. The van der Waals surface area contributed by atoms with Crippen LogP contribution in [0.2, 0.25) is 0 Å². The van der Waals surface area contributed by atoms with E-state index in [1.165, 1.54) is 0 Å². The van der Waals surface area contributed by atoms with Crippen LogP contribution in [0.1, 0.15) is 0 Å². The SMILES string of the molecule is NCC[NH+]=CC(O)C(O)C(OC1OC(CO)C(O)C(O)C1O)C(O)CO. The zero-order valence-electron chi connectivity index (χ0n) is 14.1. The van der Waals surface area contributed by atoms with E-state index in [9.17, 15) is 30.6 Å². The minimum Gasteiger partial charge on any atom is -0.394 e. The van der Waals surface area contributed by atoms with Crippen molar-refractivity contribution >= 4 is 6.21 Å². The third kappa shape index (κ3) is 5.87. The van der Waals surface area contributed by atoms with Crippen molar-refractivity contribution in [2.24, 2.45) is 5.73 Å². The smallest absolute Gasteiger partial charge is 0.187 e. The lowest BCUT2D eigenvalue weighted by atomic mass is 9.98. The number of rotatable bonds is 10. The summed E-state index contributed by atoms with van der Waals surface area (Å²) in [6.45, 7) is -0.962. The molecule has 11 N–H and O–H groups in total. The summed E-state index contributed by atoms with van der Waals surface area (Å²) in [5.41, 5.74) is 5.28. The molecule has 1 aliphatic rings. The Labute approximate surface area is 149 Å². The lowest BCUT2D eigenvalue weighted by Gasteiger charge is -2.42. The van der Waals surface area contributed by atoms with Gasteiger partial charge < -0.3 is 56.1 Å². The van der Waals surface area contributed by atoms with Gasteiger partial charge in [-0.15, -0.1) is 0 Å². The van der Waals surface area contributed by atoms with Gasteiger partial charge in [0, 0.05) is 0 Å². The Kier molecular flexibility index (Phi) is 9.99. The van der Waals surface area contributed by atoms with Crippen LogP contribution in [-0.2, 0) is 9.47 Å². The van der Waals surface area contributed by atoms with Crippen molar-refractivity contribution in [3.05, 3.63) is 0 Å². The first-order chi connectivity index (χ1) is 12.3. The highest BCUT2D eigenvalue weighted by atomic mass is 16.7. The Morgan fingerprint density at radius 2 is 1.73 bits per heavy atom. The molecule has 1 fully saturated rings. The molecule has 1 rings (SSSR count). The van der Waals surface area contributed by atoms with Gasteiger partial charge in [0.2, 0.25) is 0 Å². The van der Waals surface area contributed by atoms with Gasteiger partial charge in [-0.25, -0.2) is 4.99 Å². The second-order valence-corrected chi connectivity index (χ2v) is 5.94. The fourth-order valence-electron chi connectivity index (χ4n) is 2.42. The molecule has 1 saturated heterocycles. The van der Waals surface area contributed by atoms with Crippen LogP contribution < -0.4 is 10.7 Å². The first kappa shape index (κ1) is 23.3. The summed E-state index contributed by atoms with van der Waals surface area (Å²) in [7, 11) is 0. The lowest BCUT2D eigenvalue weighted by Crippen LogP contribution is -2.73. The molecular formula is C14H29N2O10+. The number of nitrogens with two attached hydrogens (primary N) is 1. The Balaban J connectivity index is 2.89. The molecule has 0 aromatic carbocycles. The topological polar surface area (TPSA) is 220 Å². The first-order valence-electron chi connectivity index (χ1n) is 8.16. The standard InChI is InChI=1S/C14H28N2O10/c15-1-2-16-3-6(19)9(21)13(7(20)4-17)26-14-12(24)11(23)10(22)8(5-18)25-14/h3,6-14,17-24H,1-2,4-5,15H2/p+1. The maximum absolute atomic E-state index is 10.2. The molecule has 1 heterocycles. The van der Waals surface area contributed by atoms with Crippen molar-refractivity contribution in [1.82, 2.24) is 0 Å². The summed E-state index contributed by atoms with van der Waals surface area (Å²) >= 11 is 0. The van der Waals surface area contributed by atoms with Gasteiger partial charge >= 0.3 is 0 Å². The van der Waals surface area contributed by atoms with Gasteiger partial charge in [0.25, 0.3) is 0 Å². The minimum absolute atomic E-state index is 0.267. The molecule has 12 nitrogen and oxygen atoms in total. The van der Waals surface area contributed by atoms with Crippen LogP contribution in [0.15, 0.2) is 0 Å². The van der Waals surface area contributed by atoms with E-state index >= 15 is 0 Å². The Bertz CT molecular complexity index is 427. The molecule has 154 valence electrons. The van der Waals surface area contributed by atoms with Crippen LogP contribution in [0.5, 0.6) is 0 Å². The van der Waals surface area contributed by atoms with E-state index in [2.05, 4.69) is 4.99 Å². The molecule has 26 heavy (non-hydrogen) atoms. The highest BCUT2D eigenvalue weighted by Gasteiger charge is 2.46. The van der Waals surface area contributed by atoms with E-state index in [0.717, 1.165) is 6.21 Å². The molecule has 0 aromatic rings. The van der Waals surface area contributed by atoms with E-state index in [0.29, 0.717) is 6.54 Å². The van der Waals surface area contributed by atoms with Gasteiger partial charge in [-0.1, -0.05) is 0 Å². The minimum atomic E-state index is -1.77. The van der Waals surface area contributed by atoms with E-state index in [1.807, 2.05) is 0 Å². The second kappa shape index (κ2) is 11.2. The monoisotopic (exact) mass is 385 g/mol. The molecule has 9 unspecified atom stereocenters. The summed E-state index contributed by atoms with van der Waals surface area (Å²) < 4.78 is 10.4. The van der Waals surface area contributed by atoms with Crippen molar-refractivity contribution in [2.45, 2.75) is 55.1 Å². The molecular weight excluding hydrogens is 356 g/mol. The van der Waals surface area contributed by atoms with Crippen molar-refractivity contribution in [3.8, 4) is 0 Å². The Morgan fingerprint density at radius 3 is 2.27 bits per heavy atom. The molecule has 0 radical (unpaired) electrons. The highest BCUT2D eigenvalue weighted by molar-refractivity contribution is 5.57. The fourth-order valence-corrected chi connectivity index (χ4v) is 2.42. The number of hydrogen-bond acceptors (Lipinski definition) is 11. The van der Waals surface area contributed by atoms with Crippen molar-refractivity contribution < 1.29 is 55.3 Å². The Hall–Kier alpha value is -0.770. The van der Waals surface area contributed by atoms with Crippen LogP contribution in [0.3, 0.4) is 0 Å². The average Bonchev–Trinajstić information content (AvgIpc) is 2.64. The third-order valence-electron chi connectivity index (χ3n) is 3.97. The molecule has 0 aliphatic carbocycles. The van der Waals surface area contributed by atoms with Crippen LogP contribution in [0.25, 0.3) is 0 Å². The molecule has 0 aromatic heterocycles. The van der Waals surface area contributed by atoms with E-state index in [1.54, 1.807) is 0 Å². The fraction of sp³-hybridized carbons (Fsp3) is 0.929. The third-order valence-corrected chi connectivity index (χ3v) is 3.97. The van der Waals surface area contributed by atoms with Gasteiger partial charge in [0.15, 0.2) is 25.2 Å². The Morgan fingerprint density at radius 1 is 1.08 bits per heavy atom. The van der Waals surface area contributed by atoms with Gasteiger partial charge in [-0.2, -0.15) is 0 Å². The van der Waals surface area contributed by atoms with Gasteiger partial charge in [0.1, 0.15) is 42.7 Å². The summed E-state index contributed by atoms with van der Waals surface area (Å²) in [6, 6.07) is 0. The van der Waals surface area contributed by atoms with Crippen molar-refractivity contribution in [3.63, 3.8) is 0 Å².